The first-order valence-electron chi connectivity index (χ1n) is 6.59. The topological polar surface area (TPSA) is 63.4 Å². The van der Waals surface area contributed by atoms with Gasteiger partial charge in [0.1, 0.15) is 0 Å². The molecule has 0 aliphatic carbocycles. The summed E-state index contributed by atoms with van der Waals surface area (Å²) in [5.74, 6) is -0.0953. The lowest BCUT2D eigenvalue weighted by molar-refractivity contribution is -0.140. The van der Waals surface area contributed by atoms with Crippen LogP contribution in [0, 0.1) is 5.41 Å². The fourth-order valence-corrected chi connectivity index (χ4v) is 2.38. The number of benzene rings is 1. The summed E-state index contributed by atoms with van der Waals surface area (Å²) in [5.41, 5.74) is 7.01. The number of rotatable bonds is 4. The molecule has 2 rings (SSSR count). The van der Waals surface area contributed by atoms with Gasteiger partial charge in [-0.1, -0.05) is 26.0 Å². The highest BCUT2D eigenvalue weighted by Crippen LogP contribution is 2.31. The molecular weight excluding hydrogens is 240 g/mol. The van der Waals surface area contributed by atoms with Gasteiger partial charge in [-0.3, -0.25) is 14.5 Å². The number of imide groups is 1. The molecule has 4 nitrogen and oxygen atoms in total. The zero-order chi connectivity index (χ0) is 14.0. The Labute approximate surface area is 113 Å². The van der Waals surface area contributed by atoms with E-state index in [2.05, 4.69) is 0 Å². The van der Waals surface area contributed by atoms with Crippen molar-refractivity contribution in [3.05, 3.63) is 29.8 Å². The van der Waals surface area contributed by atoms with Gasteiger partial charge in [0.05, 0.1) is 5.41 Å². The summed E-state index contributed by atoms with van der Waals surface area (Å²) in [5, 5.41) is 0. The molecule has 0 atom stereocenters. The van der Waals surface area contributed by atoms with Gasteiger partial charge in [0.25, 0.3) is 0 Å². The van der Waals surface area contributed by atoms with E-state index < -0.39 is 5.41 Å². The lowest BCUT2D eigenvalue weighted by atomic mass is 9.92. The maximum absolute atomic E-state index is 12.0. The standard InChI is InChI=1S/C15H20N2O2/c1-15(2)10-13(18)17(14(15)19)9-3-4-11-5-7-12(16)8-6-11/h5-8H,3-4,9-10,16H2,1-2H3. The molecule has 1 aliphatic rings. The van der Waals surface area contributed by atoms with Gasteiger partial charge in [0.2, 0.25) is 11.8 Å². The number of anilines is 1. The lowest BCUT2D eigenvalue weighted by Crippen LogP contribution is -2.34. The third-order valence-electron chi connectivity index (χ3n) is 3.55. The molecule has 0 bridgehead atoms. The van der Waals surface area contributed by atoms with E-state index in [4.69, 9.17) is 5.73 Å². The van der Waals surface area contributed by atoms with Gasteiger partial charge in [0, 0.05) is 18.7 Å². The van der Waals surface area contributed by atoms with E-state index in [9.17, 15) is 9.59 Å². The second kappa shape index (κ2) is 5.03. The SMILES string of the molecule is CC1(C)CC(=O)N(CCCc2ccc(N)cc2)C1=O. The summed E-state index contributed by atoms with van der Waals surface area (Å²) in [6.07, 6.45) is 1.96. The van der Waals surface area contributed by atoms with Crippen LogP contribution in [-0.4, -0.2) is 23.3 Å². The average Bonchev–Trinajstić information content (AvgIpc) is 2.53. The molecule has 0 radical (unpaired) electrons. The van der Waals surface area contributed by atoms with E-state index in [1.807, 2.05) is 38.1 Å². The maximum Gasteiger partial charge on any atom is 0.235 e. The molecule has 1 saturated heterocycles. The Hall–Kier alpha value is -1.84. The molecule has 102 valence electrons. The normalized spacial score (nSPS) is 18.1. The number of nitrogens with two attached hydrogens (primary N) is 1. The number of nitrogen functional groups attached to an aromatic ring is 1. The fourth-order valence-electron chi connectivity index (χ4n) is 2.38. The Balaban J connectivity index is 1.88. The molecule has 2 N–H and O–H groups in total. The van der Waals surface area contributed by atoms with Gasteiger partial charge < -0.3 is 5.73 Å². The predicted molar refractivity (Wildman–Crippen MR) is 74.3 cm³/mol. The highest BCUT2D eigenvalue weighted by molar-refractivity contribution is 6.05. The minimum absolute atomic E-state index is 0.0465. The predicted octanol–water partition coefficient (Wildman–Crippen LogP) is 1.99. The summed E-state index contributed by atoms with van der Waals surface area (Å²) >= 11 is 0. The summed E-state index contributed by atoms with van der Waals surface area (Å²) in [6.45, 7) is 4.16. The largest absolute Gasteiger partial charge is 0.399 e. The van der Waals surface area contributed by atoms with Crippen molar-refractivity contribution in [2.24, 2.45) is 5.41 Å². The minimum atomic E-state index is -0.529. The van der Waals surface area contributed by atoms with Crippen LogP contribution in [-0.2, 0) is 16.0 Å². The molecular formula is C15H20N2O2. The number of hydrogen-bond acceptors (Lipinski definition) is 3. The molecule has 1 aliphatic heterocycles. The monoisotopic (exact) mass is 260 g/mol. The van der Waals surface area contributed by atoms with E-state index in [-0.39, 0.29) is 11.8 Å². The number of carbonyl (C=O) groups is 2. The molecule has 0 saturated carbocycles. The maximum atomic E-state index is 12.0. The molecule has 4 heteroatoms. The van der Waals surface area contributed by atoms with Crippen LogP contribution in [0.3, 0.4) is 0 Å². The summed E-state index contributed by atoms with van der Waals surface area (Å²) in [7, 11) is 0. The quantitative estimate of drug-likeness (QED) is 0.665. The van der Waals surface area contributed by atoms with E-state index in [0.29, 0.717) is 13.0 Å². The third-order valence-corrected chi connectivity index (χ3v) is 3.55. The van der Waals surface area contributed by atoms with Crippen LogP contribution in [0.15, 0.2) is 24.3 Å². The van der Waals surface area contributed by atoms with Gasteiger partial charge in [-0.05, 0) is 30.5 Å². The molecule has 2 amide bonds. The Morgan fingerprint density at radius 1 is 1.21 bits per heavy atom. The molecule has 1 aromatic rings. The van der Waals surface area contributed by atoms with Crippen LogP contribution in [0.1, 0.15) is 32.3 Å². The van der Waals surface area contributed by atoms with E-state index >= 15 is 0 Å². The Morgan fingerprint density at radius 3 is 2.37 bits per heavy atom. The van der Waals surface area contributed by atoms with Crippen LogP contribution in [0.4, 0.5) is 5.69 Å². The Kier molecular flexibility index (Phi) is 3.60. The highest BCUT2D eigenvalue weighted by atomic mass is 16.2. The average molecular weight is 260 g/mol. The van der Waals surface area contributed by atoms with Crippen molar-refractivity contribution in [3.8, 4) is 0 Å². The van der Waals surface area contributed by atoms with Gasteiger partial charge in [-0.15, -0.1) is 0 Å². The van der Waals surface area contributed by atoms with Gasteiger partial charge in [-0.25, -0.2) is 0 Å². The Morgan fingerprint density at radius 2 is 1.84 bits per heavy atom. The molecule has 1 heterocycles. The molecule has 0 unspecified atom stereocenters. The number of amides is 2. The number of nitrogens with zero attached hydrogens (tertiary/aromatic N) is 1. The minimum Gasteiger partial charge on any atom is -0.399 e. The van der Waals surface area contributed by atoms with Crippen molar-refractivity contribution in [3.63, 3.8) is 0 Å². The van der Waals surface area contributed by atoms with Gasteiger partial charge in [-0.2, -0.15) is 0 Å². The van der Waals surface area contributed by atoms with Crippen molar-refractivity contribution in [2.45, 2.75) is 33.1 Å². The van der Waals surface area contributed by atoms with E-state index in [1.54, 1.807) is 0 Å². The van der Waals surface area contributed by atoms with E-state index in [0.717, 1.165) is 18.5 Å². The molecule has 1 aromatic carbocycles. The van der Waals surface area contributed by atoms with Crippen molar-refractivity contribution >= 4 is 17.5 Å². The van der Waals surface area contributed by atoms with E-state index in [1.165, 1.54) is 10.5 Å². The van der Waals surface area contributed by atoms with Crippen LogP contribution in [0.5, 0.6) is 0 Å². The highest BCUT2D eigenvalue weighted by Gasteiger charge is 2.44. The second-order valence-electron chi connectivity index (χ2n) is 5.76. The van der Waals surface area contributed by atoms with Gasteiger partial charge >= 0.3 is 0 Å². The molecule has 0 spiro atoms. The lowest BCUT2D eigenvalue weighted by Gasteiger charge is -2.17. The number of carbonyl (C=O) groups excluding carboxylic acids is 2. The van der Waals surface area contributed by atoms with Crippen molar-refractivity contribution in [1.82, 2.24) is 4.90 Å². The van der Waals surface area contributed by atoms with Crippen molar-refractivity contribution < 1.29 is 9.59 Å². The number of likely N-dealkylation sites (tertiary alicyclic amines) is 1. The van der Waals surface area contributed by atoms with Crippen LogP contribution in [0.25, 0.3) is 0 Å². The summed E-state index contributed by atoms with van der Waals surface area (Å²) in [4.78, 5) is 25.2. The second-order valence-corrected chi connectivity index (χ2v) is 5.76. The summed E-state index contributed by atoms with van der Waals surface area (Å²) in [6, 6.07) is 7.69. The Bertz CT molecular complexity index is 491. The number of hydrogen-bond donors (Lipinski definition) is 1. The summed E-state index contributed by atoms with van der Waals surface area (Å²) < 4.78 is 0. The van der Waals surface area contributed by atoms with Crippen LogP contribution in [0.2, 0.25) is 0 Å². The van der Waals surface area contributed by atoms with Crippen LogP contribution < -0.4 is 5.73 Å². The van der Waals surface area contributed by atoms with Crippen molar-refractivity contribution in [2.75, 3.05) is 12.3 Å². The third kappa shape index (κ3) is 2.95. The van der Waals surface area contributed by atoms with Crippen LogP contribution >= 0.6 is 0 Å². The zero-order valence-electron chi connectivity index (χ0n) is 11.5. The molecule has 1 fully saturated rings. The van der Waals surface area contributed by atoms with Crippen molar-refractivity contribution in [1.29, 1.82) is 0 Å². The first-order chi connectivity index (χ1) is 8.90. The number of aryl methyl sites for hydroxylation is 1. The first kappa shape index (κ1) is 13.6. The van der Waals surface area contributed by atoms with Gasteiger partial charge in [0.15, 0.2) is 0 Å². The fraction of sp³-hybridized carbons (Fsp3) is 0.467. The first-order valence-corrected chi connectivity index (χ1v) is 6.59. The molecule has 19 heavy (non-hydrogen) atoms. The zero-order valence-corrected chi connectivity index (χ0v) is 11.5. The smallest absolute Gasteiger partial charge is 0.235 e. The molecule has 0 aromatic heterocycles.